The molecule has 1 aromatic heterocycles. The van der Waals surface area contributed by atoms with Crippen LogP contribution in [0.4, 0.5) is 8.78 Å². The van der Waals surface area contributed by atoms with Crippen molar-refractivity contribution in [2.45, 2.75) is 26.3 Å². The van der Waals surface area contributed by atoms with Crippen LogP contribution in [0.2, 0.25) is 0 Å². The first-order valence-corrected chi connectivity index (χ1v) is 7.61. The minimum Gasteiger partial charge on any atom is -0.466 e. The van der Waals surface area contributed by atoms with Crippen molar-refractivity contribution >= 4 is 17.0 Å². The van der Waals surface area contributed by atoms with Gasteiger partial charge in [0.15, 0.2) is 11.6 Å². The van der Waals surface area contributed by atoms with E-state index in [1.807, 2.05) is 19.0 Å². The van der Waals surface area contributed by atoms with E-state index in [-0.39, 0.29) is 41.6 Å². The van der Waals surface area contributed by atoms with Crippen LogP contribution < -0.4 is 0 Å². The molecule has 3 rings (SSSR count). The Balaban J connectivity index is 2.02. The zero-order valence-corrected chi connectivity index (χ0v) is 13.4. The Morgan fingerprint density at radius 2 is 1.96 bits per heavy atom. The molecule has 0 aliphatic heterocycles. The summed E-state index contributed by atoms with van der Waals surface area (Å²) in [7, 11) is 3.70. The van der Waals surface area contributed by atoms with E-state index in [0.717, 1.165) is 0 Å². The molecule has 0 spiro atoms. The Bertz CT molecular complexity index is 722. The SMILES string of the molecule is CCOC(=O)C1Cc2c(c(F)c3[nH]c(CN(C)C)nc3c2F)C1. The van der Waals surface area contributed by atoms with Crippen LogP contribution >= 0.6 is 0 Å². The number of hydrogen-bond acceptors (Lipinski definition) is 4. The fourth-order valence-corrected chi connectivity index (χ4v) is 3.09. The Labute approximate surface area is 132 Å². The fraction of sp³-hybridized carbons (Fsp3) is 0.500. The number of rotatable bonds is 4. The summed E-state index contributed by atoms with van der Waals surface area (Å²) >= 11 is 0. The average molecular weight is 323 g/mol. The molecule has 5 nitrogen and oxygen atoms in total. The van der Waals surface area contributed by atoms with Gasteiger partial charge in [-0.3, -0.25) is 4.79 Å². The molecule has 7 heteroatoms. The van der Waals surface area contributed by atoms with Crippen molar-refractivity contribution in [2.24, 2.45) is 5.92 Å². The maximum Gasteiger partial charge on any atom is 0.309 e. The highest BCUT2D eigenvalue weighted by molar-refractivity contribution is 5.81. The molecular weight excluding hydrogens is 304 g/mol. The third kappa shape index (κ3) is 2.69. The Kier molecular flexibility index (Phi) is 4.06. The van der Waals surface area contributed by atoms with Crippen LogP contribution in [0.3, 0.4) is 0 Å². The van der Waals surface area contributed by atoms with E-state index < -0.39 is 23.5 Å². The number of esters is 1. The van der Waals surface area contributed by atoms with Crippen molar-refractivity contribution in [1.82, 2.24) is 14.9 Å². The molecule has 0 fully saturated rings. The van der Waals surface area contributed by atoms with Crippen LogP contribution in [0, 0.1) is 17.6 Å². The van der Waals surface area contributed by atoms with Crippen LogP contribution in [0.15, 0.2) is 0 Å². The molecule has 1 atom stereocenters. The maximum absolute atomic E-state index is 14.7. The van der Waals surface area contributed by atoms with E-state index in [4.69, 9.17) is 4.74 Å². The second kappa shape index (κ2) is 5.88. The Morgan fingerprint density at radius 1 is 1.30 bits per heavy atom. The molecule has 0 amide bonds. The number of fused-ring (bicyclic) bond motifs is 2. The first kappa shape index (κ1) is 15.9. The van der Waals surface area contributed by atoms with Crippen molar-refractivity contribution in [3.05, 3.63) is 28.6 Å². The van der Waals surface area contributed by atoms with E-state index >= 15 is 0 Å². The second-order valence-corrected chi connectivity index (χ2v) is 6.09. The Hall–Kier alpha value is -2.02. The van der Waals surface area contributed by atoms with Gasteiger partial charge < -0.3 is 14.6 Å². The average Bonchev–Trinajstić information content (AvgIpc) is 3.09. The summed E-state index contributed by atoms with van der Waals surface area (Å²) in [5.41, 5.74) is 0.578. The minimum absolute atomic E-state index is 0.00242. The number of imidazole rings is 1. The molecule has 0 saturated heterocycles. The summed E-state index contributed by atoms with van der Waals surface area (Å²) in [6.45, 7) is 2.43. The predicted octanol–water partition coefficient (Wildman–Crippen LogP) is 2.18. The summed E-state index contributed by atoms with van der Waals surface area (Å²) in [6.07, 6.45) is 0.317. The van der Waals surface area contributed by atoms with Gasteiger partial charge in [0, 0.05) is 0 Å². The number of nitrogens with one attached hydrogen (secondary N) is 1. The third-order valence-corrected chi connectivity index (χ3v) is 4.06. The number of carbonyl (C=O) groups is 1. The van der Waals surface area contributed by atoms with E-state index in [2.05, 4.69) is 9.97 Å². The zero-order valence-electron chi connectivity index (χ0n) is 13.4. The lowest BCUT2D eigenvalue weighted by atomic mass is 10.1. The second-order valence-electron chi connectivity index (χ2n) is 6.09. The highest BCUT2D eigenvalue weighted by atomic mass is 19.1. The molecule has 1 N–H and O–H groups in total. The Morgan fingerprint density at radius 3 is 2.57 bits per heavy atom. The summed E-state index contributed by atoms with van der Waals surface area (Å²) in [5.74, 6) is -1.48. The van der Waals surface area contributed by atoms with Crippen LogP contribution in [0.25, 0.3) is 11.0 Å². The first-order chi connectivity index (χ1) is 10.9. The summed E-state index contributed by atoms with van der Waals surface area (Å²) in [5, 5.41) is 0. The zero-order chi connectivity index (χ0) is 16.7. The monoisotopic (exact) mass is 323 g/mol. The molecule has 0 bridgehead atoms. The molecule has 0 radical (unpaired) electrons. The van der Waals surface area contributed by atoms with Gasteiger partial charge in [-0.15, -0.1) is 0 Å². The molecule has 23 heavy (non-hydrogen) atoms. The number of nitrogens with zero attached hydrogens (tertiary/aromatic N) is 2. The van der Waals surface area contributed by atoms with Gasteiger partial charge in [-0.05, 0) is 45.0 Å². The first-order valence-electron chi connectivity index (χ1n) is 7.61. The lowest BCUT2D eigenvalue weighted by molar-refractivity contribution is -0.147. The van der Waals surface area contributed by atoms with Crippen molar-refractivity contribution in [1.29, 1.82) is 0 Å². The molecule has 1 aromatic carbocycles. The molecular formula is C16H19F2N3O2. The molecule has 1 heterocycles. The molecule has 1 aliphatic rings. The van der Waals surface area contributed by atoms with Crippen LogP contribution in [0.5, 0.6) is 0 Å². The highest BCUT2D eigenvalue weighted by Crippen LogP contribution is 2.36. The van der Waals surface area contributed by atoms with Gasteiger partial charge in [-0.2, -0.15) is 0 Å². The number of ether oxygens (including phenoxy) is 1. The molecule has 2 aromatic rings. The fourth-order valence-electron chi connectivity index (χ4n) is 3.09. The highest BCUT2D eigenvalue weighted by Gasteiger charge is 2.35. The third-order valence-electron chi connectivity index (χ3n) is 4.06. The lowest BCUT2D eigenvalue weighted by Crippen LogP contribution is -2.18. The van der Waals surface area contributed by atoms with Crippen molar-refractivity contribution in [3.8, 4) is 0 Å². The number of aromatic amines is 1. The quantitative estimate of drug-likeness (QED) is 0.876. The summed E-state index contributed by atoms with van der Waals surface area (Å²) < 4.78 is 34.4. The van der Waals surface area contributed by atoms with E-state index in [1.54, 1.807) is 6.92 Å². The number of benzene rings is 1. The van der Waals surface area contributed by atoms with Crippen LogP contribution in [-0.2, 0) is 28.9 Å². The van der Waals surface area contributed by atoms with E-state index in [0.29, 0.717) is 12.4 Å². The number of hydrogen-bond donors (Lipinski definition) is 1. The van der Waals surface area contributed by atoms with E-state index in [1.165, 1.54) is 0 Å². The number of H-pyrrole nitrogens is 1. The van der Waals surface area contributed by atoms with Crippen LogP contribution in [0.1, 0.15) is 23.9 Å². The van der Waals surface area contributed by atoms with Crippen LogP contribution in [-0.4, -0.2) is 41.5 Å². The maximum atomic E-state index is 14.7. The smallest absolute Gasteiger partial charge is 0.309 e. The van der Waals surface area contributed by atoms with E-state index in [9.17, 15) is 13.6 Å². The number of aromatic nitrogens is 2. The van der Waals surface area contributed by atoms with Gasteiger partial charge in [0.2, 0.25) is 0 Å². The minimum atomic E-state index is -0.538. The normalized spacial score (nSPS) is 14.7. The summed E-state index contributed by atoms with van der Waals surface area (Å²) in [4.78, 5) is 20.7. The van der Waals surface area contributed by atoms with Gasteiger partial charge in [-0.25, -0.2) is 13.8 Å². The largest absolute Gasteiger partial charge is 0.466 e. The standard InChI is InChI=1S/C16H19F2N3O2/c1-4-23-16(22)8-5-9-10(6-8)13(18)15-14(12(9)17)19-11(20-15)7-21(2)3/h8H,4-7H2,1-3H3,(H,19,20). The number of carbonyl (C=O) groups excluding carboxylic acids is 1. The van der Waals surface area contributed by atoms with Gasteiger partial charge in [0.1, 0.15) is 16.9 Å². The summed E-state index contributed by atoms with van der Waals surface area (Å²) in [6, 6.07) is 0. The van der Waals surface area contributed by atoms with Gasteiger partial charge in [0.05, 0.1) is 19.1 Å². The molecule has 0 saturated carbocycles. The van der Waals surface area contributed by atoms with Gasteiger partial charge in [0.25, 0.3) is 0 Å². The molecule has 1 unspecified atom stereocenters. The number of halogens is 2. The lowest BCUT2D eigenvalue weighted by Gasteiger charge is -2.07. The van der Waals surface area contributed by atoms with Crippen molar-refractivity contribution in [2.75, 3.05) is 20.7 Å². The van der Waals surface area contributed by atoms with Crippen molar-refractivity contribution in [3.63, 3.8) is 0 Å². The molecule has 124 valence electrons. The topological polar surface area (TPSA) is 58.2 Å². The van der Waals surface area contributed by atoms with Crippen molar-refractivity contribution < 1.29 is 18.3 Å². The molecule has 1 aliphatic carbocycles. The predicted molar refractivity (Wildman–Crippen MR) is 80.9 cm³/mol. The van der Waals surface area contributed by atoms with Gasteiger partial charge in [-0.1, -0.05) is 0 Å². The van der Waals surface area contributed by atoms with Gasteiger partial charge >= 0.3 is 5.97 Å².